The summed E-state index contributed by atoms with van der Waals surface area (Å²) >= 11 is 0. The molecule has 18 heavy (non-hydrogen) atoms. The molecule has 2 rings (SSSR count). The number of rotatable bonds is 4. The number of anilines is 2. The molecule has 0 unspecified atom stereocenters. The number of carboxylic acids is 1. The van der Waals surface area contributed by atoms with Crippen LogP contribution in [0.25, 0.3) is 0 Å². The van der Waals surface area contributed by atoms with Gasteiger partial charge in [0.2, 0.25) is 0 Å². The van der Waals surface area contributed by atoms with E-state index in [1.807, 2.05) is 0 Å². The average molecular weight is 250 g/mol. The molecule has 4 N–H and O–H groups in total. The Kier molecular flexibility index (Phi) is 3.18. The molecule has 1 aromatic heterocycles. The van der Waals surface area contributed by atoms with E-state index in [1.54, 1.807) is 12.1 Å². The predicted molar refractivity (Wildman–Crippen MR) is 63.8 cm³/mol. The van der Waals surface area contributed by atoms with Crippen molar-refractivity contribution in [2.75, 3.05) is 11.1 Å². The molecule has 0 atom stereocenters. The molecule has 0 radical (unpaired) electrons. The van der Waals surface area contributed by atoms with E-state index in [1.165, 1.54) is 6.26 Å². The SMILES string of the molecule is Nc1cc(C(=O)O)c(F)cc1NCc1ccco1. The number of furan rings is 1. The second-order valence-corrected chi connectivity index (χ2v) is 3.66. The summed E-state index contributed by atoms with van der Waals surface area (Å²) in [5, 5.41) is 11.6. The lowest BCUT2D eigenvalue weighted by atomic mass is 10.1. The summed E-state index contributed by atoms with van der Waals surface area (Å²) in [6.07, 6.45) is 1.52. The first kappa shape index (κ1) is 12.0. The molecule has 0 amide bonds. The Labute approximate surface area is 102 Å². The van der Waals surface area contributed by atoms with E-state index in [-0.39, 0.29) is 5.69 Å². The standard InChI is InChI=1S/C12H11FN2O3/c13-9-5-11(10(14)4-8(9)12(16)17)15-6-7-2-1-3-18-7/h1-5,15H,6,14H2,(H,16,17). The van der Waals surface area contributed by atoms with E-state index in [0.29, 0.717) is 18.0 Å². The molecule has 0 saturated carbocycles. The zero-order chi connectivity index (χ0) is 13.1. The van der Waals surface area contributed by atoms with Gasteiger partial charge in [-0.05, 0) is 24.3 Å². The van der Waals surface area contributed by atoms with Crippen LogP contribution < -0.4 is 11.1 Å². The van der Waals surface area contributed by atoms with Crippen molar-refractivity contribution in [3.05, 3.63) is 47.7 Å². The van der Waals surface area contributed by atoms with Crippen LogP contribution in [-0.4, -0.2) is 11.1 Å². The lowest BCUT2D eigenvalue weighted by Gasteiger charge is -2.09. The molecule has 0 bridgehead atoms. The van der Waals surface area contributed by atoms with Gasteiger partial charge in [0.05, 0.1) is 29.7 Å². The van der Waals surface area contributed by atoms with Crippen LogP contribution in [0.2, 0.25) is 0 Å². The van der Waals surface area contributed by atoms with Crippen LogP contribution in [0.4, 0.5) is 15.8 Å². The monoisotopic (exact) mass is 250 g/mol. The van der Waals surface area contributed by atoms with Gasteiger partial charge < -0.3 is 20.6 Å². The van der Waals surface area contributed by atoms with Gasteiger partial charge in [-0.25, -0.2) is 9.18 Å². The first-order chi connectivity index (χ1) is 8.58. The van der Waals surface area contributed by atoms with E-state index in [9.17, 15) is 9.18 Å². The fourth-order valence-corrected chi connectivity index (χ4v) is 1.50. The number of nitrogen functional groups attached to an aromatic ring is 1. The third kappa shape index (κ3) is 2.42. The number of nitrogens with one attached hydrogen (secondary N) is 1. The maximum Gasteiger partial charge on any atom is 0.338 e. The molecule has 0 fully saturated rings. The average Bonchev–Trinajstić information content (AvgIpc) is 2.82. The Hall–Kier alpha value is -2.50. The summed E-state index contributed by atoms with van der Waals surface area (Å²) in [6.45, 7) is 0.336. The molecule has 5 nitrogen and oxygen atoms in total. The largest absolute Gasteiger partial charge is 0.478 e. The molecule has 0 aliphatic carbocycles. The molecule has 0 aliphatic rings. The van der Waals surface area contributed by atoms with Crippen molar-refractivity contribution < 1.29 is 18.7 Å². The summed E-state index contributed by atoms with van der Waals surface area (Å²) in [5.41, 5.74) is 5.69. The number of hydrogen-bond donors (Lipinski definition) is 3. The van der Waals surface area contributed by atoms with Gasteiger partial charge in [-0.15, -0.1) is 0 Å². The molecule has 1 aromatic carbocycles. The fourth-order valence-electron chi connectivity index (χ4n) is 1.50. The third-order valence-electron chi connectivity index (χ3n) is 2.40. The quantitative estimate of drug-likeness (QED) is 0.724. The fraction of sp³-hybridized carbons (Fsp3) is 0.0833. The number of aromatic carboxylic acids is 1. The third-order valence-corrected chi connectivity index (χ3v) is 2.40. The van der Waals surface area contributed by atoms with Gasteiger partial charge in [-0.3, -0.25) is 0 Å². The lowest BCUT2D eigenvalue weighted by Crippen LogP contribution is -2.07. The zero-order valence-electron chi connectivity index (χ0n) is 9.31. The molecule has 1 heterocycles. The van der Waals surface area contributed by atoms with Crippen LogP contribution in [0.1, 0.15) is 16.1 Å². The molecular formula is C12H11FN2O3. The first-order valence-corrected chi connectivity index (χ1v) is 5.16. The van der Waals surface area contributed by atoms with Crippen LogP contribution in [0.5, 0.6) is 0 Å². The summed E-state index contributed by atoms with van der Waals surface area (Å²) in [7, 11) is 0. The minimum absolute atomic E-state index is 0.167. The Morgan fingerprint density at radius 3 is 2.89 bits per heavy atom. The number of nitrogens with two attached hydrogens (primary N) is 1. The number of carboxylic acid groups (broad SMARTS) is 1. The molecule has 0 aliphatic heterocycles. The van der Waals surface area contributed by atoms with Gasteiger partial charge in [-0.2, -0.15) is 0 Å². The molecule has 6 heteroatoms. The molecule has 0 saturated heterocycles. The van der Waals surface area contributed by atoms with Gasteiger partial charge >= 0.3 is 5.97 Å². The second kappa shape index (κ2) is 4.79. The summed E-state index contributed by atoms with van der Waals surface area (Å²) in [4.78, 5) is 10.7. The van der Waals surface area contributed by atoms with Crippen molar-refractivity contribution in [2.45, 2.75) is 6.54 Å². The maximum absolute atomic E-state index is 13.4. The highest BCUT2D eigenvalue weighted by molar-refractivity contribution is 5.90. The van der Waals surface area contributed by atoms with Crippen LogP contribution >= 0.6 is 0 Å². The molecule has 94 valence electrons. The zero-order valence-corrected chi connectivity index (χ0v) is 9.31. The van der Waals surface area contributed by atoms with Crippen molar-refractivity contribution in [2.24, 2.45) is 0 Å². The van der Waals surface area contributed by atoms with Gasteiger partial charge in [0, 0.05) is 0 Å². The lowest BCUT2D eigenvalue weighted by molar-refractivity contribution is 0.0692. The Morgan fingerprint density at radius 2 is 2.28 bits per heavy atom. The molecule has 2 aromatic rings. The number of hydrogen-bond acceptors (Lipinski definition) is 4. The summed E-state index contributed by atoms with van der Waals surface area (Å²) < 4.78 is 18.5. The van der Waals surface area contributed by atoms with Crippen molar-refractivity contribution in [1.82, 2.24) is 0 Å². The van der Waals surface area contributed by atoms with E-state index < -0.39 is 17.3 Å². The minimum Gasteiger partial charge on any atom is -0.478 e. The normalized spacial score (nSPS) is 10.3. The maximum atomic E-state index is 13.4. The second-order valence-electron chi connectivity index (χ2n) is 3.66. The number of benzene rings is 1. The van der Waals surface area contributed by atoms with Gasteiger partial charge in [0.15, 0.2) is 0 Å². The van der Waals surface area contributed by atoms with Crippen molar-refractivity contribution in [3.8, 4) is 0 Å². The van der Waals surface area contributed by atoms with Crippen molar-refractivity contribution in [1.29, 1.82) is 0 Å². The molecule has 0 spiro atoms. The Bertz CT molecular complexity index is 567. The number of halogens is 1. The highest BCUT2D eigenvalue weighted by Crippen LogP contribution is 2.23. The van der Waals surface area contributed by atoms with Gasteiger partial charge in [-0.1, -0.05) is 0 Å². The van der Waals surface area contributed by atoms with E-state index in [2.05, 4.69) is 5.32 Å². The smallest absolute Gasteiger partial charge is 0.338 e. The highest BCUT2D eigenvalue weighted by Gasteiger charge is 2.13. The Balaban J connectivity index is 2.19. The predicted octanol–water partition coefficient (Wildman–Crippen LogP) is 2.31. The van der Waals surface area contributed by atoms with E-state index >= 15 is 0 Å². The van der Waals surface area contributed by atoms with Crippen LogP contribution in [0, 0.1) is 5.82 Å². The van der Waals surface area contributed by atoms with Crippen molar-refractivity contribution in [3.63, 3.8) is 0 Å². The highest BCUT2D eigenvalue weighted by atomic mass is 19.1. The van der Waals surface area contributed by atoms with Gasteiger partial charge in [0.25, 0.3) is 0 Å². The van der Waals surface area contributed by atoms with Crippen molar-refractivity contribution >= 4 is 17.3 Å². The Morgan fingerprint density at radius 1 is 1.50 bits per heavy atom. The van der Waals surface area contributed by atoms with E-state index in [4.69, 9.17) is 15.3 Å². The molecular weight excluding hydrogens is 239 g/mol. The minimum atomic E-state index is -1.35. The van der Waals surface area contributed by atoms with Gasteiger partial charge in [0.1, 0.15) is 11.6 Å². The summed E-state index contributed by atoms with van der Waals surface area (Å²) in [5.74, 6) is -1.52. The van der Waals surface area contributed by atoms with Crippen LogP contribution in [0.3, 0.4) is 0 Å². The topological polar surface area (TPSA) is 88.5 Å². The summed E-state index contributed by atoms with van der Waals surface area (Å²) in [6, 6.07) is 5.63. The number of carbonyl (C=O) groups is 1. The van der Waals surface area contributed by atoms with Crippen LogP contribution in [0.15, 0.2) is 34.9 Å². The van der Waals surface area contributed by atoms with E-state index in [0.717, 1.165) is 12.1 Å². The van der Waals surface area contributed by atoms with Crippen LogP contribution in [-0.2, 0) is 6.54 Å². The first-order valence-electron chi connectivity index (χ1n) is 5.16.